The normalized spacial score (nSPS) is 19.5. The first-order valence-electron chi connectivity index (χ1n) is 6.29. The number of aryl methyl sites for hydroxylation is 1. The van der Waals surface area contributed by atoms with Crippen LogP contribution < -0.4 is 4.72 Å². The zero-order chi connectivity index (χ0) is 13.9. The van der Waals surface area contributed by atoms with E-state index in [9.17, 15) is 13.5 Å². The number of hydrogen-bond acceptors (Lipinski definition) is 5. The van der Waals surface area contributed by atoms with Gasteiger partial charge in [-0.3, -0.25) is 0 Å². The quantitative estimate of drug-likeness (QED) is 0.696. The molecule has 19 heavy (non-hydrogen) atoms. The summed E-state index contributed by atoms with van der Waals surface area (Å²) >= 11 is 0. The average Bonchev–Trinajstić information content (AvgIpc) is 2.87. The molecule has 0 aliphatic carbocycles. The molecule has 7 nitrogen and oxygen atoms in total. The van der Waals surface area contributed by atoms with Gasteiger partial charge in [-0.2, -0.15) is 0 Å². The van der Waals surface area contributed by atoms with Crippen LogP contribution in [0.3, 0.4) is 0 Å². The van der Waals surface area contributed by atoms with E-state index in [0.29, 0.717) is 38.3 Å². The molecule has 0 atom stereocenters. The number of aromatic amines is 1. The molecule has 1 aliphatic rings. The first-order valence-corrected chi connectivity index (χ1v) is 7.77. The summed E-state index contributed by atoms with van der Waals surface area (Å²) in [5.74, 6) is 0.616. The van der Waals surface area contributed by atoms with Gasteiger partial charge >= 0.3 is 0 Å². The fourth-order valence-corrected chi connectivity index (χ4v) is 2.95. The minimum absolute atomic E-state index is 0.0147. The molecular formula is C11H19N3O4S. The Morgan fingerprint density at radius 1 is 1.53 bits per heavy atom. The van der Waals surface area contributed by atoms with Crippen molar-refractivity contribution in [3.63, 3.8) is 0 Å². The Morgan fingerprint density at radius 3 is 2.79 bits per heavy atom. The molecule has 0 spiro atoms. The lowest BCUT2D eigenvalue weighted by molar-refractivity contribution is -0.0588. The van der Waals surface area contributed by atoms with Crippen LogP contribution in [0.1, 0.15) is 25.6 Å². The standard InChI is InChI=1S/C11H19N3O4S/c1-2-9-12-7-10(14-9)19(16,17)13-8-11(15)3-5-18-6-4-11/h7,13,15H,2-6,8H2,1H3,(H,12,14). The second-order valence-corrected chi connectivity index (χ2v) is 6.44. The summed E-state index contributed by atoms with van der Waals surface area (Å²) in [5.41, 5.74) is -1.03. The SMILES string of the molecule is CCc1ncc(S(=O)(=O)NCC2(O)CCOCC2)[nH]1. The van der Waals surface area contributed by atoms with E-state index in [4.69, 9.17) is 4.74 Å². The number of aliphatic hydroxyl groups is 1. The van der Waals surface area contributed by atoms with Gasteiger partial charge < -0.3 is 14.8 Å². The number of sulfonamides is 1. The van der Waals surface area contributed by atoms with Crippen molar-refractivity contribution in [3.05, 3.63) is 12.0 Å². The zero-order valence-electron chi connectivity index (χ0n) is 10.8. The number of hydrogen-bond donors (Lipinski definition) is 3. The molecule has 1 aliphatic heterocycles. The van der Waals surface area contributed by atoms with E-state index in [0.717, 1.165) is 0 Å². The lowest BCUT2D eigenvalue weighted by atomic mass is 9.95. The van der Waals surface area contributed by atoms with E-state index in [1.54, 1.807) is 0 Å². The maximum Gasteiger partial charge on any atom is 0.257 e. The van der Waals surface area contributed by atoms with Gasteiger partial charge in [-0.05, 0) is 0 Å². The summed E-state index contributed by atoms with van der Waals surface area (Å²) in [6, 6.07) is 0. The van der Waals surface area contributed by atoms with Gasteiger partial charge in [0.05, 0.1) is 11.8 Å². The lowest BCUT2D eigenvalue weighted by Gasteiger charge is -2.31. The number of aromatic nitrogens is 2. The Balaban J connectivity index is 2.01. The molecule has 0 saturated carbocycles. The van der Waals surface area contributed by atoms with Crippen LogP contribution in [-0.4, -0.2) is 48.9 Å². The maximum absolute atomic E-state index is 12.0. The topological polar surface area (TPSA) is 104 Å². The second kappa shape index (κ2) is 5.58. The largest absolute Gasteiger partial charge is 0.388 e. The van der Waals surface area contributed by atoms with E-state index >= 15 is 0 Å². The Labute approximate surface area is 112 Å². The highest BCUT2D eigenvalue weighted by molar-refractivity contribution is 7.89. The molecule has 2 rings (SSSR count). The highest BCUT2D eigenvalue weighted by Gasteiger charge is 2.31. The van der Waals surface area contributed by atoms with Crippen molar-refractivity contribution in [1.82, 2.24) is 14.7 Å². The molecule has 2 heterocycles. The van der Waals surface area contributed by atoms with Gasteiger partial charge in [-0.15, -0.1) is 0 Å². The third kappa shape index (κ3) is 3.53. The molecule has 0 bridgehead atoms. The zero-order valence-corrected chi connectivity index (χ0v) is 11.7. The van der Waals surface area contributed by atoms with Crippen LogP contribution >= 0.6 is 0 Å². The predicted octanol–water partition coefficient (Wildman–Crippen LogP) is -0.208. The smallest absolute Gasteiger partial charge is 0.257 e. The van der Waals surface area contributed by atoms with Gasteiger partial charge in [0.1, 0.15) is 5.82 Å². The Bertz CT molecular complexity index is 520. The Hall–Kier alpha value is -0.960. The molecule has 108 valence electrons. The summed E-state index contributed by atoms with van der Waals surface area (Å²) in [5, 5.41) is 10.2. The average molecular weight is 289 g/mol. The van der Waals surface area contributed by atoms with E-state index in [2.05, 4.69) is 14.7 Å². The monoisotopic (exact) mass is 289 g/mol. The van der Waals surface area contributed by atoms with E-state index in [-0.39, 0.29) is 11.6 Å². The number of imidazole rings is 1. The summed E-state index contributed by atoms with van der Waals surface area (Å²) in [7, 11) is -3.66. The lowest BCUT2D eigenvalue weighted by Crippen LogP contribution is -2.46. The van der Waals surface area contributed by atoms with Gasteiger partial charge in [0.2, 0.25) is 0 Å². The van der Waals surface area contributed by atoms with Crippen molar-refractivity contribution in [2.24, 2.45) is 0 Å². The molecule has 0 aromatic carbocycles. The molecule has 0 radical (unpaired) electrons. The van der Waals surface area contributed by atoms with Gasteiger partial charge in [0.25, 0.3) is 10.0 Å². The van der Waals surface area contributed by atoms with E-state index < -0.39 is 15.6 Å². The number of ether oxygens (including phenoxy) is 1. The van der Waals surface area contributed by atoms with Crippen molar-refractivity contribution in [3.8, 4) is 0 Å². The van der Waals surface area contributed by atoms with E-state index in [1.165, 1.54) is 6.20 Å². The number of rotatable bonds is 5. The van der Waals surface area contributed by atoms with Crippen molar-refractivity contribution in [2.45, 2.75) is 36.8 Å². The van der Waals surface area contributed by atoms with Crippen molar-refractivity contribution in [1.29, 1.82) is 0 Å². The Morgan fingerprint density at radius 2 is 2.21 bits per heavy atom. The molecule has 1 aromatic heterocycles. The fourth-order valence-electron chi connectivity index (χ4n) is 1.89. The molecule has 8 heteroatoms. The van der Waals surface area contributed by atoms with Crippen LogP contribution in [-0.2, 0) is 21.2 Å². The molecule has 1 aromatic rings. The fraction of sp³-hybridized carbons (Fsp3) is 0.727. The molecule has 1 saturated heterocycles. The van der Waals surface area contributed by atoms with Gasteiger partial charge in [0.15, 0.2) is 5.03 Å². The molecule has 0 amide bonds. The Kier molecular flexibility index (Phi) is 4.24. The molecule has 3 N–H and O–H groups in total. The van der Waals surface area contributed by atoms with Crippen molar-refractivity contribution >= 4 is 10.0 Å². The number of H-pyrrole nitrogens is 1. The van der Waals surface area contributed by atoms with Crippen LogP contribution in [0.2, 0.25) is 0 Å². The predicted molar refractivity (Wildman–Crippen MR) is 68.2 cm³/mol. The minimum atomic E-state index is -3.66. The first kappa shape index (κ1) is 14.4. The summed E-state index contributed by atoms with van der Waals surface area (Å²) < 4.78 is 31.6. The van der Waals surface area contributed by atoms with Crippen LogP contribution in [0.5, 0.6) is 0 Å². The van der Waals surface area contributed by atoms with Crippen molar-refractivity contribution < 1.29 is 18.3 Å². The summed E-state index contributed by atoms with van der Waals surface area (Å²) in [4.78, 5) is 6.69. The highest BCUT2D eigenvalue weighted by Crippen LogP contribution is 2.20. The summed E-state index contributed by atoms with van der Waals surface area (Å²) in [6.45, 7) is 2.76. The van der Waals surface area contributed by atoms with Crippen LogP contribution in [0.15, 0.2) is 11.2 Å². The van der Waals surface area contributed by atoms with Crippen LogP contribution in [0.4, 0.5) is 0 Å². The minimum Gasteiger partial charge on any atom is -0.388 e. The van der Waals surface area contributed by atoms with Crippen molar-refractivity contribution in [2.75, 3.05) is 19.8 Å². The van der Waals surface area contributed by atoms with Gasteiger partial charge in [-0.1, -0.05) is 6.92 Å². The summed E-state index contributed by atoms with van der Waals surface area (Å²) in [6.07, 6.45) is 2.78. The first-order chi connectivity index (χ1) is 8.95. The van der Waals surface area contributed by atoms with Crippen LogP contribution in [0.25, 0.3) is 0 Å². The van der Waals surface area contributed by atoms with Gasteiger partial charge in [-0.25, -0.2) is 18.1 Å². The van der Waals surface area contributed by atoms with Gasteiger partial charge in [0, 0.05) is 39.0 Å². The third-order valence-electron chi connectivity index (χ3n) is 3.24. The molecule has 0 unspecified atom stereocenters. The third-order valence-corrected chi connectivity index (χ3v) is 4.56. The highest BCUT2D eigenvalue weighted by atomic mass is 32.2. The number of nitrogens with one attached hydrogen (secondary N) is 2. The van der Waals surface area contributed by atoms with E-state index in [1.807, 2.05) is 6.92 Å². The maximum atomic E-state index is 12.0. The second-order valence-electron chi connectivity index (χ2n) is 4.71. The molecular weight excluding hydrogens is 270 g/mol. The number of nitrogens with zero attached hydrogens (tertiary/aromatic N) is 1. The van der Waals surface area contributed by atoms with Crippen LogP contribution in [0, 0.1) is 0 Å². The molecule has 1 fully saturated rings.